The molecule has 0 spiro atoms. The lowest BCUT2D eigenvalue weighted by Gasteiger charge is -2.13. The topological polar surface area (TPSA) is 50.4 Å². The number of amides is 1. The number of hydrogen-bond acceptors (Lipinski definition) is 3. The Bertz CT molecular complexity index is 898. The van der Waals surface area contributed by atoms with Crippen molar-refractivity contribution >= 4 is 33.2 Å². The molecule has 26 heavy (non-hydrogen) atoms. The Morgan fingerprint density at radius 3 is 2.46 bits per heavy atom. The zero-order valence-corrected chi connectivity index (χ0v) is 15.9. The average Bonchev–Trinajstić information content (AvgIpc) is 2.64. The zero-order valence-electron chi connectivity index (χ0n) is 14.3. The second-order valence-electron chi connectivity index (χ2n) is 5.77. The first kappa shape index (κ1) is 18.0. The minimum Gasteiger partial charge on any atom is -0.455 e. The fraction of sp³-hybridized carbons (Fsp3) is 0.0952. The molecule has 0 fully saturated rings. The van der Waals surface area contributed by atoms with Gasteiger partial charge in [-0.05, 0) is 55.0 Å². The molecule has 1 amide bonds. The lowest BCUT2D eigenvalue weighted by molar-refractivity contribution is -0.114. The molecule has 132 valence electrons. The van der Waals surface area contributed by atoms with Gasteiger partial charge in [0.05, 0.1) is 12.2 Å². The predicted octanol–water partition coefficient (Wildman–Crippen LogP) is 5.60. The van der Waals surface area contributed by atoms with Gasteiger partial charge in [-0.15, -0.1) is 0 Å². The summed E-state index contributed by atoms with van der Waals surface area (Å²) in [6.45, 7) is 2.10. The van der Waals surface area contributed by atoms with Crippen LogP contribution in [0.4, 0.5) is 11.4 Å². The highest BCUT2D eigenvalue weighted by Crippen LogP contribution is 2.29. The monoisotopic (exact) mass is 410 g/mol. The molecule has 0 aliphatic carbocycles. The Morgan fingerprint density at radius 2 is 1.69 bits per heavy atom. The number of rotatable bonds is 6. The number of halogens is 1. The van der Waals surface area contributed by atoms with Gasteiger partial charge in [0.15, 0.2) is 5.75 Å². The lowest BCUT2D eigenvalue weighted by Crippen LogP contribution is -2.22. The van der Waals surface area contributed by atoms with Gasteiger partial charge in [-0.2, -0.15) is 0 Å². The molecule has 0 unspecified atom stereocenters. The van der Waals surface area contributed by atoms with Gasteiger partial charge >= 0.3 is 0 Å². The van der Waals surface area contributed by atoms with Crippen LogP contribution in [-0.4, -0.2) is 12.5 Å². The molecule has 0 atom stereocenters. The van der Waals surface area contributed by atoms with Crippen LogP contribution in [0.3, 0.4) is 0 Å². The van der Waals surface area contributed by atoms with Crippen LogP contribution in [0.5, 0.6) is 11.5 Å². The lowest BCUT2D eigenvalue weighted by atomic mass is 10.2. The summed E-state index contributed by atoms with van der Waals surface area (Å²) in [6, 6.07) is 22.8. The van der Waals surface area contributed by atoms with Gasteiger partial charge in [-0.3, -0.25) is 4.79 Å². The van der Waals surface area contributed by atoms with Gasteiger partial charge in [0.25, 0.3) is 0 Å². The fourth-order valence-electron chi connectivity index (χ4n) is 2.45. The van der Waals surface area contributed by atoms with Crippen LogP contribution in [0.25, 0.3) is 0 Å². The summed E-state index contributed by atoms with van der Waals surface area (Å²) in [4.78, 5) is 12.3. The molecule has 0 radical (unpaired) electrons. The van der Waals surface area contributed by atoms with E-state index in [0.29, 0.717) is 5.75 Å². The predicted molar refractivity (Wildman–Crippen MR) is 109 cm³/mol. The first-order chi connectivity index (χ1) is 12.6. The van der Waals surface area contributed by atoms with Crippen molar-refractivity contribution in [2.45, 2.75) is 6.92 Å². The zero-order chi connectivity index (χ0) is 18.4. The Morgan fingerprint density at radius 1 is 0.962 bits per heavy atom. The smallest absolute Gasteiger partial charge is 0.243 e. The second kappa shape index (κ2) is 8.54. The number of hydrogen-bond donors (Lipinski definition) is 2. The molecule has 3 aromatic carbocycles. The van der Waals surface area contributed by atoms with E-state index in [0.717, 1.165) is 27.2 Å². The molecule has 0 heterocycles. The van der Waals surface area contributed by atoms with Crippen LogP contribution >= 0.6 is 15.9 Å². The van der Waals surface area contributed by atoms with E-state index >= 15 is 0 Å². The molecular weight excluding hydrogens is 392 g/mol. The number of carbonyl (C=O) groups is 1. The van der Waals surface area contributed by atoms with Crippen molar-refractivity contribution in [3.63, 3.8) is 0 Å². The van der Waals surface area contributed by atoms with Crippen molar-refractivity contribution in [2.75, 3.05) is 17.2 Å². The standard InChI is InChI=1S/C21H19BrN2O2/c1-15-13-16(22)11-12-18(15)24-21(25)14-23-19-9-5-6-10-20(19)26-17-7-3-2-4-8-17/h2-13,23H,14H2,1H3,(H,24,25). The second-order valence-corrected chi connectivity index (χ2v) is 6.69. The third-order valence-corrected chi connectivity index (χ3v) is 4.25. The van der Waals surface area contributed by atoms with E-state index in [-0.39, 0.29) is 12.5 Å². The molecule has 0 saturated carbocycles. The molecule has 0 aliphatic rings. The molecule has 4 nitrogen and oxygen atoms in total. The number of benzene rings is 3. The summed E-state index contributed by atoms with van der Waals surface area (Å²) < 4.78 is 6.88. The molecule has 0 aromatic heterocycles. The molecule has 0 aliphatic heterocycles. The van der Waals surface area contributed by atoms with E-state index < -0.39 is 0 Å². The molecule has 3 aromatic rings. The third kappa shape index (κ3) is 4.86. The first-order valence-corrected chi connectivity index (χ1v) is 9.03. The van der Waals surface area contributed by atoms with Crippen LogP contribution in [0.15, 0.2) is 77.3 Å². The first-order valence-electron chi connectivity index (χ1n) is 8.23. The number of ether oxygens (including phenoxy) is 1. The summed E-state index contributed by atoms with van der Waals surface area (Å²) in [6.07, 6.45) is 0. The van der Waals surface area contributed by atoms with Crippen molar-refractivity contribution in [2.24, 2.45) is 0 Å². The van der Waals surface area contributed by atoms with Crippen molar-refractivity contribution in [3.8, 4) is 11.5 Å². The van der Waals surface area contributed by atoms with Crippen molar-refractivity contribution in [1.29, 1.82) is 0 Å². The Labute approximate surface area is 161 Å². The summed E-state index contributed by atoms with van der Waals surface area (Å²) in [5.74, 6) is 1.30. The van der Waals surface area contributed by atoms with Crippen LogP contribution in [0.2, 0.25) is 0 Å². The Kier molecular flexibility index (Phi) is 5.92. The maximum atomic E-state index is 12.3. The molecule has 0 saturated heterocycles. The maximum Gasteiger partial charge on any atom is 0.243 e. The van der Waals surface area contributed by atoms with Gasteiger partial charge in [-0.1, -0.05) is 46.3 Å². The number of para-hydroxylation sites is 3. The van der Waals surface area contributed by atoms with E-state index in [1.54, 1.807) is 0 Å². The fourth-order valence-corrected chi connectivity index (χ4v) is 2.93. The summed E-state index contributed by atoms with van der Waals surface area (Å²) in [7, 11) is 0. The van der Waals surface area contributed by atoms with Gasteiger partial charge in [0, 0.05) is 10.2 Å². The van der Waals surface area contributed by atoms with Gasteiger partial charge in [0.1, 0.15) is 5.75 Å². The molecule has 2 N–H and O–H groups in total. The Balaban J connectivity index is 1.63. The van der Waals surface area contributed by atoms with Crippen LogP contribution in [-0.2, 0) is 4.79 Å². The van der Waals surface area contributed by atoms with Crippen LogP contribution in [0, 0.1) is 6.92 Å². The summed E-state index contributed by atoms with van der Waals surface area (Å²) in [5.41, 5.74) is 2.56. The highest BCUT2D eigenvalue weighted by atomic mass is 79.9. The number of carbonyl (C=O) groups excluding carboxylic acids is 1. The highest BCUT2D eigenvalue weighted by molar-refractivity contribution is 9.10. The molecule has 3 rings (SSSR count). The highest BCUT2D eigenvalue weighted by Gasteiger charge is 2.08. The molecular formula is C21H19BrN2O2. The van der Waals surface area contributed by atoms with Gasteiger partial charge in [-0.25, -0.2) is 0 Å². The van der Waals surface area contributed by atoms with E-state index in [2.05, 4.69) is 26.6 Å². The Hall–Kier alpha value is -2.79. The van der Waals surface area contributed by atoms with E-state index in [4.69, 9.17) is 4.74 Å². The van der Waals surface area contributed by atoms with E-state index in [1.807, 2.05) is 79.7 Å². The normalized spacial score (nSPS) is 10.2. The van der Waals surface area contributed by atoms with Crippen molar-refractivity contribution in [1.82, 2.24) is 0 Å². The summed E-state index contributed by atoms with van der Waals surface area (Å²) >= 11 is 3.42. The minimum atomic E-state index is -0.120. The van der Waals surface area contributed by atoms with Crippen LogP contribution in [0.1, 0.15) is 5.56 Å². The number of anilines is 2. The van der Waals surface area contributed by atoms with E-state index in [9.17, 15) is 4.79 Å². The van der Waals surface area contributed by atoms with Crippen molar-refractivity contribution in [3.05, 3.63) is 82.8 Å². The largest absolute Gasteiger partial charge is 0.455 e. The van der Waals surface area contributed by atoms with Gasteiger partial charge < -0.3 is 15.4 Å². The SMILES string of the molecule is Cc1cc(Br)ccc1NC(=O)CNc1ccccc1Oc1ccccc1. The van der Waals surface area contributed by atoms with Crippen LogP contribution < -0.4 is 15.4 Å². The average molecular weight is 411 g/mol. The molecule has 5 heteroatoms. The maximum absolute atomic E-state index is 12.3. The van der Waals surface area contributed by atoms with E-state index in [1.165, 1.54) is 0 Å². The molecule has 0 bridgehead atoms. The quantitative estimate of drug-likeness (QED) is 0.555. The summed E-state index contributed by atoms with van der Waals surface area (Å²) in [5, 5.41) is 6.05. The third-order valence-electron chi connectivity index (χ3n) is 3.76. The van der Waals surface area contributed by atoms with Crippen molar-refractivity contribution < 1.29 is 9.53 Å². The minimum absolute atomic E-state index is 0.120. The number of nitrogens with one attached hydrogen (secondary N) is 2. The number of aryl methyl sites for hydroxylation is 1. The van der Waals surface area contributed by atoms with Gasteiger partial charge in [0.2, 0.25) is 5.91 Å².